The molecule has 0 spiro atoms. The number of sulfonamides is 1. The second kappa shape index (κ2) is 9.25. The lowest BCUT2D eigenvalue weighted by Crippen LogP contribution is -2.44. The summed E-state index contributed by atoms with van der Waals surface area (Å²) in [7, 11) is -3.45. The van der Waals surface area contributed by atoms with Crippen molar-refractivity contribution in [3.8, 4) is 11.5 Å². The van der Waals surface area contributed by atoms with Crippen LogP contribution in [0.1, 0.15) is 36.1 Å². The van der Waals surface area contributed by atoms with Gasteiger partial charge in [0.15, 0.2) is 11.5 Å². The van der Waals surface area contributed by atoms with Gasteiger partial charge in [0, 0.05) is 43.1 Å². The number of rotatable bonds is 7. The van der Waals surface area contributed by atoms with Gasteiger partial charge < -0.3 is 19.5 Å². The number of nitrogens with zero attached hydrogens (tertiary/aromatic N) is 1. The third kappa shape index (κ3) is 4.62. The topological polar surface area (TPSA) is 94.2 Å². The van der Waals surface area contributed by atoms with E-state index >= 15 is 0 Å². The number of carbonyl (C=O) groups excluding carboxylic acids is 1. The first kappa shape index (κ1) is 22.6. The smallest absolute Gasteiger partial charge is 0.252 e. The van der Waals surface area contributed by atoms with Gasteiger partial charge in [0.25, 0.3) is 10.0 Å². The molecular weight excluding hydrogens is 464 g/mol. The Morgan fingerprint density at radius 1 is 1.06 bits per heavy atom. The van der Waals surface area contributed by atoms with Crippen LogP contribution in [0.2, 0.25) is 0 Å². The number of thiophene rings is 1. The Morgan fingerprint density at radius 3 is 2.61 bits per heavy atom. The Kier molecular flexibility index (Phi) is 6.34. The molecule has 10 heteroatoms. The molecule has 1 aromatic carbocycles. The number of hydrogen-bond acceptors (Lipinski definition) is 7. The molecule has 0 atom stereocenters. The molecule has 33 heavy (non-hydrogen) atoms. The number of hydrogen-bond donors (Lipinski definition) is 1. The molecule has 5 rings (SSSR count). The molecule has 0 radical (unpaired) electrons. The second-order valence-corrected chi connectivity index (χ2v) is 12.1. The molecule has 8 nitrogen and oxygen atoms in total. The van der Waals surface area contributed by atoms with E-state index in [1.807, 2.05) is 18.2 Å². The van der Waals surface area contributed by atoms with E-state index in [0.29, 0.717) is 37.1 Å². The zero-order chi connectivity index (χ0) is 22.9. The van der Waals surface area contributed by atoms with E-state index in [9.17, 15) is 13.2 Å². The molecule has 3 aliphatic heterocycles. The SMILES string of the molecule is O=C(Cc1ccc(S(=O)(=O)N2CCCC2)s1)NCC1(c2ccc3c(c2)OCO3)CCOCC1. The van der Waals surface area contributed by atoms with Crippen molar-refractivity contribution in [3.63, 3.8) is 0 Å². The van der Waals surface area contributed by atoms with Crippen molar-refractivity contribution in [3.05, 3.63) is 40.8 Å². The zero-order valence-electron chi connectivity index (χ0n) is 18.4. The molecule has 0 bridgehead atoms. The maximum Gasteiger partial charge on any atom is 0.252 e. The van der Waals surface area contributed by atoms with Crippen LogP contribution >= 0.6 is 11.3 Å². The van der Waals surface area contributed by atoms with Gasteiger partial charge in [-0.25, -0.2) is 8.42 Å². The molecule has 0 saturated carbocycles. The molecule has 3 aliphatic rings. The normalized spacial score (nSPS) is 20.1. The van der Waals surface area contributed by atoms with Crippen LogP contribution in [-0.2, 0) is 31.4 Å². The third-order valence-corrected chi connectivity index (χ3v) is 10.1. The molecule has 2 fully saturated rings. The van der Waals surface area contributed by atoms with Crippen molar-refractivity contribution in [2.45, 2.75) is 41.7 Å². The van der Waals surface area contributed by atoms with Crippen LogP contribution in [0.4, 0.5) is 0 Å². The summed E-state index contributed by atoms with van der Waals surface area (Å²) in [5.41, 5.74) is 0.861. The summed E-state index contributed by atoms with van der Waals surface area (Å²) >= 11 is 1.18. The number of fused-ring (bicyclic) bond motifs is 1. The van der Waals surface area contributed by atoms with Crippen molar-refractivity contribution in [2.75, 3.05) is 39.6 Å². The molecule has 0 unspecified atom stereocenters. The predicted octanol–water partition coefficient (Wildman–Crippen LogP) is 2.67. The van der Waals surface area contributed by atoms with Crippen molar-refractivity contribution in [1.82, 2.24) is 9.62 Å². The first-order chi connectivity index (χ1) is 16.0. The number of nitrogens with one attached hydrogen (secondary N) is 1. The van der Waals surface area contributed by atoms with Gasteiger partial charge in [0.05, 0.1) is 6.42 Å². The van der Waals surface area contributed by atoms with Gasteiger partial charge in [-0.1, -0.05) is 6.07 Å². The van der Waals surface area contributed by atoms with Crippen LogP contribution in [0.5, 0.6) is 11.5 Å². The standard InChI is InChI=1S/C23H28N2O6S2/c26-21(14-18-4-6-22(32-18)33(27,28)25-9-1-2-10-25)24-15-23(7-11-29-12-8-23)17-3-5-19-20(13-17)31-16-30-19/h3-6,13H,1-2,7-12,14-16H2,(H,24,26). The summed E-state index contributed by atoms with van der Waals surface area (Å²) in [6.45, 7) is 3.12. The minimum atomic E-state index is -3.45. The lowest BCUT2D eigenvalue weighted by atomic mass is 9.74. The van der Waals surface area contributed by atoms with Gasteiger partial charge in [0.1, 0.15) is 4.21 Å². The summed E-state index contributed by atoms with van der Waals surface area (Å²) in [4.78, 5) is 13.5. The Bertz CT molecular complexity index is 1120. The zero-order valence-corrected chi connectivity index (χ0v) is 20.0. The number of ether oxygens (including phenoxy) is 3. The van der Waals surface area contributed by atoms with Crippen LogP contribution in [0.3, 0.4) is 0 Å². The first-order valence-electron chi connectivity index (χ1n) is 11.3. The predicted molar refractivity (Wildman–Crippen MR) is 123 cm³/mol. The van der Waals surface area contributed by atoms with Gasteiger partial charge in [-0.2, -0.15) is 4.31 Å². The Hall–Kier alpha value is -2.14. The molecular formula is C23H28N2O6S2. The van der Waals surface area contributed by atoms with E-state index in [2.05, 4.69) is 5.32 Å². The van der Waals surface area contributed by atoms with Crippen LogP contribution in [0.25, 0.3) is 0 Å². The number of amides is 1. The van der Waals surface area contributed by atoms with E-state index in [4.69, 9.17) is 14.2 Å². The monoisotopic (exact) mass is 492 g/mol. The Labute approximate surface area is 197 Å². The maximum absolute atomic E-state index is 12.8. The summed E-state index contributed by atoms with van der Waals surface area (Å²) in [6, 6.07) is 9.34. The molecule has 2 aromatic rings. The van der Waals surface area contributed by atoms with E-state index in [1.54, 1.807) is 12.1 Å². The van der Waals surface area contributed by atoms with Crippen molar-refractivity contribution >= 4 is 27.3 Å². The average Bonchev–Trinajstić information content (AvgIpc) is 3.60. The largest absolute Gasteiger partial charge is 0.454 e. The molecule has 2 saturated heterocycles. The molecule has 1 N–H and O–H groups in total. The van der Waals surface area contributed by atoms with Crippen LogP contribution in [-0.4, -0.2) is 58.3 Å². The van der Waals surface area contributed by atoms with E-state index < -0.39 is 10.0 Å². The fourth-order valence-corrected chi connectivity index (χ4v) is 7.72. The lowest BCUT2D eigenvalue weighted by molar-refractivity contribution is -0.120. The van der Waals surface area contributed by atoms with Crippen molar-refractivity contribution in [2.24, 2.45) is 0 Å². The second-order valence-electron chi connectivity index (χ2n) is 8.75. The van der Waals surface area contributed by atoms with Crippen LogP contribution < -0.4 is 14.8 Å². The van der Waals surface area contributed by atoms with E-state index in [0.717, 1.165) is 47.6 Å². The third-order valence-electron chi connectivity index (χ3n) is 6.69. The molecule has 1 amide bonds. The first-order valence-corrected chi connectivity index (χ1v) is 13.6. The minimum Gasteiger partial charge on any atom is -0.454 e. The average molecular weight is 493 g/mol. The fourth-order valence-electron chi connectivity index (χ4n) is 4.69. The van der Waals surface area contributed by atoms with E-state index in [1.165, 1.54) is 15.6 Å². The summed E-state index contributed by atoms with van der Waals surface area (Å²) in [5, 5.41) is 3.09. The lowest BCUT2D eigenvalue weighted by Gasteiger charge is -2.38. The molecule has 178 valence electrons. The quantitative estimate of drug-likeness (QED) is 0.639. The van der Waals surface area contributed by atoms with Crippen molar-refractivity contribution in [1.29, 1.82) is 0 Å². The summed E-state index contributed by atoms with van der Waals surface area (Å²) in [6.07, 6.45) is 3.55. The van der Waals surface area contributed by atoms with Crippen LogP contribution in [0.15, 0.2) is 34.5 Å². The Morgan fingerprint density at radius 2 is 1.82 bits per heavy atom. The molecule has 0 aliphatic carbocycles. The van der Waals surface area contributed by atoms with Gasteiger partial charge in [-0.15, -0.1) is 11.3 Å². The molecule has 4 heterocycles. The highest BCUT2D eigenvalue weighted by molar-refractivity contribution is 7.91. The highest BCUT2D eigenvalue weighted by atomic mass is 32.2. The van der Waals surface area contributed by atoms with E-state index in [-0.39, 0.29) is 24.5 Å². The van der Waals surface area contributed by atoms with Gasteiger partial charge in [-0.05, 0) is 55.5 Å². The highest BCUT2D eigenvalue weighted by Gasteiger charge is 2.36. The van der Waals surface area contributed by atoms with Gasteiger partial charge in [-0.3, -0.25) is 4.79 Å². The summed E-state index contributed by atoms with van der Waals surface area (Å²) < 4.78 is 43.9. The highest BCUT2D eigenvalue weighted by Crippen LogP contribution is 2.40. The fraction of sp³-hybridized carbons (Fsp3) is 0.522. The summed E-state index contributed by atoms with van der Waals surface area (Å²) in [5.74, 6) is 1.35. The molecule has 1 aromatic heterocycles. The van der Waals surface area contributed by atoms with Gasteiger partial charge in [0.2, 0.25) is 12.7 Å². The maximum atomic E-state index is 12.8. The minimum absolute atomic E-state index is 0.117. The van der Waals surface area contributed by atoms with Crippen LogP contribution in [0, 0.1) is 0 Å². The number of benzene rings is 1. The number of carbonyl (C=O) groups is 1. The van der Waals surface area contributed by atoms with Crippen molar-refractivity contribution < 1.29 is 27.4 Å². The Balaban J connectivity index is 1.25. The van der Waals surface area contributed by atoms with Gasteiger partial charge >= 0.3 is 0 Å².